The fraction of sp³-hybridized carbons (Fsp3) is 0.263. The van der Waals surface area contributed by atoms with E-state index in [2.05, 4.69) is 5.32 Å². The first kappa shape index (κ1) is 18.8. The first-order valence-corrected chi connectivity index (χ1v) is 8.72. The smallest absolute Gasteiger partial charge is 0.273 e. The molecule has 2 amide bonds. The number of carbonyl (C=O) groups is 2. The Morgan fingerprint density at radius 3 is 2.56 bits per heavy atom. The maximum atomic E-state index is 12.6. The van der Waals surface area contributed by atoms with E-state index in [0.29, 0.717) is 10.6 Å². The third kappa shape index (κ3) is 3.78. The van der Waals surface area contributed by atoms with E-state index in [1.54, 1.807) is 31.0 Å². The largest absolute Gasteiger partial charge is 0.346 e. The summed E-state index contributed by atoms with van der Waals surface area (Å²) in [6, 6.07) is 10.6. The number of nitrogens with zero attached hydrogens (tertiary/aromatic N) is 2. The van der Waals surface area contributed by atoms with Gasteiger partial charge in [-0.25, -0.2) is 0 Å². The van der Waals surface area contributed by atoms with Crippen LogP contribution in [0.2, 0.25) is 5.02 Å². The van der Waals surface area contributed by atoms with Gasteiger partial charge in [-0.3, -0.25) is 19.7 Å². The maximum absolute atomic E-state index is 12.6. The highest BCUT2D eigenvalue weighted by Crippen LogP contribution is 2.33. The van der Waals surface area contributed by atoms with Crippen molar-refractivity contribution in [2.24, 2.45) is 0 Å². The Labute approximate surface area is 161 Å². The second-order valence-corrected chi connectivity index (χ2v) is 6.98. The van der Waals surface area contributed by atoms with E-state index in [0.717, 1.165) is 5.56 Å². The molecule has 1 heterocycles. The summed E-state index contributed by atoms with van der Waals surface area (Å²) in [6.07, 6.45) is 0.156. The Bertz CT molecular complexity index is 914. The molecule has 1 N–H and O–H groups in total. The molecule has 0 bridgehead atoms. The van der Waals surface area contributed by atoms with Gasteiger partial charge in [-0.15, -0.1) is 0 Å². The summed E-state index contributed by atoms with van der Waals surface area (Å²) in [5.41, 5.74) is 1.40. The summed E-state index contributed by atoms with van der Waals surface area (Å²) in [4.78, 5) is 37.0. The quantitative estimate of drug-likeness (QED) is 0.643. The summed E-state index contributed by atoms with van der Waals surface area (Å²) in [7, 11) is 1.69. The standard InChI is InChI=1S/C19H18ClN3O4/c1-11-3-4-13(9-16(11)23(26)27)19(25)21-15-10-17(24)22(2)18(15)12-5-7-14(20)8-6-12/h3-9,15,18H,10H2,1-2H3,(H,21,25)/t15-,18-/m1/s1. The number of amides is 2. The predicted molar refractivity (Wildman–Crippen MR) is 101 cm³/mol. The number of nitro benzene ring substituents is 1. The SMILES string of the molecule is Cc1ccc(C(=O)N[C@@H]2CC(=O)N(C)[C@@H]2c2ccc(Cl)cc2)cc1[N+](=O)[O-]. The number of nitro groups is 1. The van der Waals surface area contributed by atoms with Crippen molar-refractivity contribution >= 4 is 29.1 Å². The molecule has 0 unspecified atom stereocenters. The zero-order valence-electron chi connectivity index (χ0n) is 14.8. The minimum atomic E-state index is -0.518. The minimum Gasteiger partial charge on any atom is -0.346 e. The molecule has 3 rings (SSSR count). The number of likely N-dealkylation sites (N-methyl/N-ethyl adjacent to an activating group) is 1. The number of aryl methyl sites for hydroxylation is 1. The number of likely N-dealkylation sites (tertiary alicyclic amines) is 1. The van der Waals surface area contributed by atoms with Crippen LogP contribution in [0.15, 0.2) is 42.5 Å². The molecule has 2 aromatic rings. The van der Waals surface area contributed by atoms with Gasteiger partial charge in [-0.05, 0) is 30.7 Å². The molecule has 2 atom stereocenters. The van der Waals surface area contributed by atoms with E-state index in [1.165, 1.54) is 18.2 Å². The van der Waals surface area contributed by atoms with Crippen LogP contribution in [0.3, 0.4) is 0 Å². The highest BCUT2D eigenvalue weighted by atomic mass is 35.5. The molecule has 0 spiro atoms. The highest BCUT2D eigenvalue weighted by Gasteiger charge is 2.39. The van der Waals surface area contributed by atoms with Crippen molar-refractivity contribution in [3.63, 3.8) is 0 Å². The average Bonchev–Trinajstić information content (AvgIpc) is 2.89. The lowest BCUT2D eigenvalue weighted by Gasteiger charge is -2.26. The summed E-state index contributed by atoms with van der Waals surface area (Å²) in [6.45, 7) is 1.61. The maximum Gasteiger partial charge on any atom is 0.273 e. The van der Waals surface area contributed by atoms with E-state index in [1.807, 2.05) is 12.1 Å². The molecule has 1 aliphatic heterocycles. The van der Waals surface area contributed by atoms with Gasteiger partial charge in [0, 0.05) is 35.7 Å². The number of hydrogen-bond acceptors (Lipinski definition) is 4. The molecule has 7 nitrogen and oxygen atoms in total. The van der Waals surface area contributed by atoms with E-state index in [4.69, 9.17) is 11.6 Å². The molecular formula is C19H18ClN3O4. The molecule has 140 valence electrons. The van der Waals surface area contributed by atoms with Crippen LogP contribution < -0.4 is 5.32 Å². The van der Waals surface area contributed by atoms with Crippen LogP contribution in [0.1, 0.15) is 33.9 Å². The van der Waals surface area contributed by atoms with Crippen molar-refractivity contribution in [3.05, 3.63) is 74.3 Å². The number of benzene rings is 2. The second kappa shape index (κ2) is 7.36. The molecule has 1 saturated heterocycles. The average molecular weight is 388 g/mol. The lowest BCUT2D eigenvalue weighted by molar-refractivity contribution is -0.385. The normalized spacial score (nSPS) is 19.2. The molecule has 0 aromatic heterocycles. The van der Waals surface area contributed by atoms with Crippen molar-refractivity contribution < 1.29 is 14.5 Å². The molecule has 0 saturated carbocycles. The monoisotopic (exact) mass is 387 g/mol. The van der Waals surface area contributed by atoms with Crippen LogP contribution in [-0.4, -0.2) is 34.7 Å². The van der Waals surface area contributed by atoms with Crippen molar-refractivity contribution in [2.75, 3.05) is 7.05 Å². The Balaban J connectivity index is 1.85. The Morgan fingerprint density at radius 1 is 1.26 bits per heavy atom. The van der Waals surface area contributed by atoms with Gasteiger partial charge in [0.15, 0.2) is 0 Å². The zero-order chi connectivity index (χ0) is 19.7. The summed E-state index contributed by atoms with van der Waals surface area (Å²) < 4.78 is 0. The van der Waals surface area contributed by atoms with Gasteiger partial charge in [0.1, 0.15) is 0 Å². The van der Waals surface area contributed by atoms with Crippen LogP contribution in [0.4, 0.5) is 5.69 Å². The highest BCUT2D eigenvalue weighted by molar-refractivity contribution is 6.30. The van der Waals surface area contributed by atoms with Crippen LogP contribution in [0.25, 0.3) is 0 Å². The molecule has 1 fully saturated rings. The molecule has 0 aliphatic carbocycles. The van der Waals surface area contributed by atoms with Crippen LogP contribution in [-0.2, 0) is 4.79 Å². The van der Waals surface area contributed by atoms with Gasteiger partial charge >= 0.3 is 0 Å². The third-order valence-electron chi connectivity index (χ3n) is 4.78. The third-order valence-corrected chi connectivity index (χ3v) is 5.03. The number of hydrogen-bond donors (Lipinski definition) is 1. The van der Waals surface area contributed by atoms with Crippen molar-refractivity contribution in [3.8, 4) is 0 Å². The van der Waals surface area contributed by atoms with Crippen LogP contribution in [0, 0.1) is 17.0 Å². The molecular weight excluding hydrogens is 370 g/mol. The molecule has 1 aliphatic rings. The lowest BCUT2D eigenvalue weighted by Crippen LogP contribution is -2.39. The van der Waals surface area contributed by atoms with Crippen molar-refractivity contribution in [2.45, 2.75) is 25.4 Å². The van der Waals surface area contributed by atoms with Gasteiger partial charge < -0.3 is 10.2 Å². The van der Waals surface area contributed by atoms with E-state index >= 15 is 0 Å². The molecule has 0 radical (unpaired) electrons. The molecule has 27 heavy (non-hydrogen) atoms. The number of carbonyl (C=O) groups excluding carboxylic acids is 2. The first-order chi connectivity index (χ1) is 12.8. The predicted octanol–water partition coefficient (Wildman–Crippen LogP) is 3.26. The number of nitrogens with one attached hydrogen (secondary N) is 1. The lowest BCUT2D eigenvalue weighted by atomic mass is 9.99. The Kier molecular flexibility index (Phi) is 5.14. The zero-order valence-corrected chi connectivity index (χ0v) is 15.6. The summed E-state index contributed by atoms with van der Waals surface area (Å²) in [5.74, 6) is -0.541. The number of rotatable bonds is 4. The fourth-order valence-corrected chi connectivity index (χ4v) is 3.44. The van der Waals surface area contributed by atoms with Crippen LogP contribution in [0.5, 0.6) is 0 Å². The van der Waals surface area contributed by atoms with E-state index < -0.39 is 16.9 Å². The van der Waals surface area contributed by atoms with Gasteiger partial charge in [0.05, 0.1) is 17.0 Å². The van der Waals surface area contributed by atoms with Gasteiger partial charge in [0.25, 0.3) is 11.6 Å². The van der Waals surface area contributed by atoms with Crippen molar-refractivity contribution in [1.82, 2.24) is 10.2 Å². The van der Waals surface area contributed by atoms with Gasteiger partial charge in [-0.1, -0.05) is 29.8 Å². The second-order valence-electron chi connectivity index (χ2n) is 6.54. The van der Waals surface area contributed by atoms with E-state index in [9.17, 15) is 19.7 Å². The number of halogens is 1. The van der Waals surface area contributed by atoms with Gasteiger partial charge in [0.2, 0.25) is 5.91 Å². The van der Waals surface area contributed by atoms with E-state index in [-0.39, 0.29) is 29.6 Å². The fourth-order valence-electron chi connectivity index (χ4n) is 3.31. The van der Waals surface area contributed by atoms with Gasteiger partial charge in [-0.2, -0.15) is 0 Å². The van der Waals surface area contributed by atoms with Crippen LogP contribution >= 0.6 is 11.6 Å². The summed E-state index contributed by atoms with van der Waals surface area (Å²) in [5, 5.41) is 14.5. The summed E-state index contributed by atoms with van der Waals surface area (Å²) >= 11 is 5.93. The Morgan fingerprint density at radius 2 is 1.93 bits per heavy atom. The minimum absolute atomic E-state index is 0.0878. The van der Waals surface area contributed by atoms with Crippen molar-refractivity contribution in [1.29, 1.82) is 0 Å². The molecule has 2 aromatic carbocycles. The topological polar surface area (TPSA) is 92.6 Å². The first-order valence-electron chi connectivity index (χ1n) is 8.35. The Hall–Kier alpha value is -2.93. The molecule has 8 heteroatoms.